The van der Waals surface area contributed by atoms with Gasteiger partial charge in [-0.15, -0.1) is 0 Å². The van der Waals surface area contributed by atoms with Gasteiger partial charge < -0.3 is 11.1 Å². The highest BCUT2D eigenvalue weighted by atomic mass is 32.2. The van der Waals surface area contributed by atoms with Crippen LogP contribution >= 0.6 is 0 Å². The maximum atomic E-state index is 12.5. The van der Waals surface area contributed by atoms with Crippen LogP contribution < -0.4 is 11.1 Å². The predicted octanol–water partition coefficient (Wildman–Crippen LogP) is 1.85. The Morgan fingerprint density at radius 2 is 1.83 bits per heavy atom. The van der Waals surface area contributed by atoms with Gasteiger partial charge in [0.2, 0.25) is 15.9 Å². The predicted molar refractivity (Wildman–Crippen MR) is 90.7 cm³/mol. The van der Waals surface area contributed by atoms with E-state index in [1.807, 2.05) is 0 Å². The maximum Gasteiger partial charge on any atom is 0.244 e. The summed E-state index contributed by atoms with van der Waals surface area (Å²) in [5.74, 6) is -0.241. The van der Waals surface area contributed by atoms with Gasteiger partial charge >= 0.3 is 0 Å². The van der Waals surface area contributed by atoms with E-state index in [1.54, 1.807) is 19.1 Å². The summed E-state index contributed by atoms with van der Waals surface area (Å²) in [4.78, 5) is 12.7. The second-order valence-electron chi connectivity index (χ2n) is 6.44. The number of benzene rings is 1. The molecule has 1 aliphatic rings. The number of amides is 1. The Kier molecular flexibility index (Phi) is 5.13. The SMILES string of the molecule is Cc1ccc(NC(=O)C2(N)CCCCC2)cc1S(=O)(=O)N(C)C. The van der Waals surface area contributed by atoms with Crippen molar-refractivity contribution < 1.29 is 13.2 Å². The molecule has 1 fully saturated rings. The molecule has 0 aromatic heterocycles. The number of sulfonamides is 1. The summed E-state index contributed by atoms with van der Waals surface area (Å²) in [6.45, 7) is 1.73. The van der Waals surface area contributed by atoms with Crippen LogP contribution in [0.25, 0.3) is 0 Å². The second-order valence-corrected chi connectivity index (χ2v) is 8.56. The Balaban J connectivity index is 2.26. The van der Waals surface area contributed by atoms with Gasteiger partial charge in [0.05, 0.1) is 10.4 Å². The largest absolute Gasteiger partial charge is 0.324 e. The monoisotopic (exact) mass is 339 g/mol. The van der Waals surface area contributed by atoms with Crippen LogP contribution in [0.15, 0.2) is 23.1 Å². The molecule has 1 aliphatic carbocycles. The number of nitrogens with one attached hydrogen (secondary N) is 1. The van der Waals surface area contributed by atoms with E-state index in [2.05, 4.69) is 5.32 Å². The van der Waals surface area contributed by atoms with Crippen molar-refractivity contribution in [3.05, 3.63) is 23.8 Å². The zero-order valence-electron chi connectivity index (χ0n) is 13.9. The van der Waals surface area contributed by atoms with Crippen LogP contribution in [0.4, 0.5) is 5.69 Å². The van der Waals surface area contributed by atoms with Crippen molar-refractivity contribution >= 4 is 21.6 Å². The highest BCUT2D eigenvalue weighted by Crippen LogP contribution is 2.28. The summed E-state index contributed by atoms with van der Waals surface area (Å²) in [7, 11) is -0.589. The Morgan fingerprint density at radius 3 is 2.39 bits per heavy atom. The first-order valence-electron chi connectivity index (χ1n) is 7.80. The Morgan fingerprint density at radius 1 is 1.22 bits per heavy atom. The first kappa shape index (κ1) is 17.9. The van der Waals surface area contributed by atoms with Crippen LogP contribution in [-0.2, 0) is 14.8 Å². The van der Waals surface area contributed by atoms with Crippen LogP contribution in [0.5, 0.6) is 0 Å². The quantitative estimate of drug-likeness (QED) is 0.875. The third-order valence-corrected chi connectivity index (χ3v) is 6.36. The van der Waals surface area contributed by atoms with E-state index < -0.39 is 15.6 Å². The molecule has 7 heteroatoms. The molecule has 6 nitrogen and oxygen atoms in total. The van der Waals surface area contributed by atoms with Crippen molar-refractivity contribution in [2.75, 3.05) is 19.4 Å². The van der Waals surface area contributed by atoms with E-state index in [0.717, 1.165) is 23.6 Å². The molecular formula is C16H25N3O3S. The third kappa shape index (κ3) is 3.73. The molecule has 0 radical (unpaired) electrons. The molecule has 1 aromatic rings. The third-order valence-electron chi connectivity index (χ3n) is 4.40. The highest BCUT2D eigenvalue weighted by molar-refractivity contribution is 7.89. The van der Waals surface area contributed by atoms with Crippen molar-refractivity contribution in [3.8, 4) is 0 Å². The maximum absolute atomic E-state index is 12.5. The minimum atomic E-state index is -3.56. The zero-order valence-corrected chi connectivity index (χ0v) is 14.7. The number of nitrogens with two attached hydrogens (primary N) is 1. The van der Waals surface area contributed by atoms with Crippen LogP contribution in [0, 0.1) is 6.92 Å². The van der Waals surface area contributed by atoms with Gasteiger partial charge in [-0.2, -0.15) is 0 Å². The average molecular weight is 339 g/mol. The van der Waals surface area contributed by atoms with Crippen molar-refractivity contribution in [3.63, 3.8) is 0 Å². The van der Waals surface area contributed by atoms with E-state index >= 15 is 0 Å². The van der Waals surface area contributed by atoms with Gasteiger partial charge in [-0.3, -0.25) is 4.79 Å². The van der Waals surface area contributed by atoms with Crippen molar-refractivity contribution in [1.82, 2.24) is 4.31 Å². The topological polar surface area (TPSA) is 92.5 Å². The number of hydrogen-bond donors (Lipinski definition) is 2. The van der Waals surface area contributed by atoms with Crippen molar-refractivity contribution in [2.24, 2.45) is 5.73 Å². The second kappa shape index (κ2) is 6.59. The van der Waals surface area contributed by atoms with Gasteiger partial charge in [-0.25, -0.2) is 12.7 Å². The number of anilines is 1. The molecule has 1 amide bonds. The van der Waals surface area contributed by atoms with Crippen LogP contribution in [0.2, 0.25) is 0 Å². The fraction of sp³-hybridized carbons (Fsp3) is 0.562. The molecule has 0 unspecified atom stereocenters. The van der Waals surface area contributed by atoms with E-state index in [1.165, 1.54) is 20.2 Å². The van der Waals surface area contributed by atoms with Crippen LogP contribution in [-0.4, -0.2) is 38.3 Å². The lowest BCUT2D eigenvalue weighted by molar-refractivity contribution is -0.122. The van der Waals surface area contributed by atoms with Gasteiger partial charge in [0, 0.05) is 19.8 Å². The van der Waals surface area contributed by atoms with Gasteiger partial charge in [0.1, 0.15) is 0 Å². The molecule has 1 saturated carbocycles. The minimum absolute atomic E-state index is 0.190. The van der Waals surface area contributed by atoms with E-state index in [9.17, 15) is 13.2 Å². The lowest BCUT2D eigenvalue weighted by Crippen LogP contribution is -2.52. The smallest absolute Gasteiger partial charge is 0.244 e. The summed E-state index contributed by atoms with van der Waals surface area (Å²) < 4.78 is 25.8. The minimum Gasteiger partial charge on any atom is -0.324 e. The molecule has 128 valence electrons. The summed E-state index contributed by atoms with van der Waals surface area (Å²) in [6, 6.07) is 4.89. The molecule has 0 saturated heterocycles. The fourth-order valence-electron chi connectivity index (χ4n) is 2.82. The first-order chi connectivity index (χ1) is 10.7. The number of carbonyl (C=O) groups excluding carboxylic acids is 1. The Labute approximate surface area is 138 Å². The number of carbonyl (C=O) groups is 1. The van der Waals surface area contributed by atoms with Gasteiger partial charge in [0.25, 0.3) is 0 Å². The molecule has 0 aliphatic heterocycles. The van der Waals surface area contributed by atoms with Gasteiger partial charge in [0.15, 0.2) is 0 Å². The molecule has 0 spiro atoms. The normalized spacial score (nSPS) is 18.0. The van der Waals surface area contributed by atoms with Crippen molar-refractivity contribution in [2.45, 2.75) is 49.5 Å². The summed E-state index contributed by atoms with van der Waals surface area (Å²) >= 11 is 0. The fourth-order valence-corrected chi connectivity index (χ4v) is 3.96. The molecule has 23 heavy (non-hydrogen) atoms. The standard InChI is InChI=1S/C16H25N3O3S/c1-12-7-8-13(11-14(12)23(21,22)19(2)3)18-15(20)16(17)9-5-4-6-10-16/h7-8,11H,4-6,9-10,17H2,1-3H3,(H,18,20). The lowest BCUT2D eigenvalue weighted by atomic mass is 9.82. The highest BCUT2D eigenvalue weighted by Gasteiger charge is 2.35. The first-order valence-corrected chi connectivity index (χ1v) is 9.24. The number of hydrogen-bond acceptors (Lipinski definition) is 4. The average Bonchev–Trinajstić information content (AvgIpc) is 2.49. The molecular weight excluding hydrogens is 314 g/mol. The molecule has 1 aromatic carbocycles. The Hall–Kier alpha value is -1.44. The molecule has 0 heterocycles. The molecule has 0 bridgehead atoms. The van der Waals surface area contributed by atoms with E-state index in [0.29, 0.717) is 24.1 Å². The van der Waals surface area contributed by atoms with Crippen LogP contribution in [0.1, 0.15) is 37.7 Å². The lowest BCUT2D eigenvalue weighted by Gasteiger charge is -2.31. The summed E-state index contributed by atoms with van der Waals surface area (Å²) in [6.07, 6.45) is 4.30. The molecule has 2 rings (SSSR count). The summed E-state index contributed by atoms with van der Waals surface area (Å²) in [5, 5.41) is 2.78. The van der Waals surface area contributed by atoms with Crippen LogP contribution in [0.3, 0.4) is 0 Å². The number of nitrogens with zero attached hydrogens (tertiary/aromatic N) is 1. The van der Waals surface area contributed by atoms with E-state index in [4.69, 9.17) is 5.73 Å². The van der Waals surface area contributed by atoms with E-state index in [-0.39, 0.29) is 10.8 Å². The molecule has 3 N–H and O–H groups in total. The van der Waals surface area contributed by atoms with Gasteiger partial charge in [-0.1, -0.05) is 25.3 Å². The summed E-state index contributed by atoms with van der Waals surface area (Å²) in [5.41, 5.74) is 6.45. The number of aryl methyl sites for hydroxylation is 1. The zero-order chi connectivity index (χ0) is 17.3. The van der Waals surface area contributed by atoms with Crippen molar-refractivity contribution in [1.29, 1.82) is 0 Å². The van der Waals surface area contributed by atoms with Gasteiger partial charge in [-0.05, 0) is 37.5 Å². The number of rotatable bonds is 4. The Bertz CT molecular complexity index is 693. The molecule has 0 atom stereocenters.